The lowest BCUT2D eigenvalue weighted by Crippen LogP contribution is -2.55. The van der Waals surface area contributed by atoms with Crippen molar-refractivity contribution in [1.82, 2.24) is 0 Å². The summed E-state index contributed by atoms with van der Waals surface area (Å²) in [5, 5.41) is 0. The lowest BCUT2D eigenvalue weighted by atomic mass is 10.0. The Morgan fingerprint density at radius 2 is 0.643 bits per heavy atom. The quantitative estimate of drug-likeness (QED) is 0.126. The Labute approximate surface area is 180 Å². The first-order chi connectivity index (χ1) is 13.6. The van der Waals surface area contributed by atoms with Crippen molar-refractivity contribution in [1.29, 1.82) is 0 Å². The van der Waals surface area contributed by atoms with Crippen LogP contribution in [0.3, 0.4) is 0 Å². The summed E-state index contributed by atoms with van der Waals surface area (Å²) in [6.07, 6.45) is 25.8. The molecule has 0 aliphatic heterocycles. The molecule has 1 heteroatoms. The average molecular weight is 397 g/mol. The Kier molecular flexibility index (Phi) is 20.2. The highest BCUT2D eigenvalue weighted by molar-refractivity contribution is 4.56. The van der Waals surface area contributed by atoms with Gasteiger partial charge in [-0.3, -0.25) is 0 Å². The molecule has 0 saturated heterocycles. The van der Waals surface area contributed by atoms with Gasteiger partial charge in [0.05, 0.1) is 25.7 Å². The molecule has 170 valence electrons. The summed E-state index contributed by atoms with van der Waals surface area (Å²) in [6.45, 7) is 16.3. The van der Waals surface area contributed by atoms with Crippen molar-refractivity contribution in [2.45, 2.75) is 156 Å². The molecule has 1 nitrogen and oxygen atoms in total. The van der Waals surface area contributed by atoms with Crippen LogP contribution in [0, 0.1) is 0 Å². The van der Waals surface area contributed by atoms with Crippen molar-refractivity contribution in [3.05, 3.63) is 0 Å². The van der Waals surface area contributed by atoms with Gasteiger partial charge in [-0.25, -0.2) is 0 Å². The zero-order valence-electron chi connectivity index (χ0n) is 20.9. The fourth-order valence-electron chi connectivity index (χ4n) is 4.73. The summed E-state index contributed by atoms with van der Waals surface area (Å²) in [6, 6.07) is 0.793. The molecule has 0 saturated carbocycles. The molecule has 0 aromatic heterocycles. The lowest BCUT2D eigenvalue weighted by Gasteiger charge is -2.43. The molecular formula is C27H58N+. The van der Waals surface area contributed by atoms with E-state index < -0.39 is 0 Å². The van der Waals surface area contributed by atoms with Crippen molar-refractivity contribution in [2.75, 3.05) is 19.6 Å². The Hall–Kier alpha value is -0.0400. The Morgan fingerprint density at radius 1 is 0.393 bits per heavy atom. The molecule has 0 aliphatic carbocycles. The van der Waals surface area contributed by atoms with Gasteiger partial charge in [0.1, 0.15) is 0 Å². The first-order valence-electron chi connectivity index (χ1n) is 13.5. The molecule has 0 bridgehead atoms. The van der Waals surface area contributed by atoms with Crippen LogP contribution in [-0.2, 0) is 0 Å². The van der Waals surface area contributed by atoms with Crippen molar-refractivity contribution < 1.29 is 4.48 Å². The molecule has 0 N–H and O–H groups in total. The molecule has 0 heterocycles. The Bertz CT molecular complexity index is 256. The maximum absolute atomic E-state index is 2.51. The first-order valence-corrected chi connectivity index (χ1v) is 13.5. The van der Waals surface area contributed by atoms with E-state index in [0.29, 0.717) is 0 Å². The second-order valence-electron chi connectivity index (χ2n) is 9.79. The molecule has 0 amide bonds. The van der Waals surface area contributed by atoms with Crippen molar-refractivity contribution in [3.8, 4) is 0 Å². The summed E-state index contributed by atoms with van der Waals surface area (Å²) in [4.78, 5) is 0. The van der Waals surface area contributed by atoms with Crippen LogP contribution in [0.4, 0.5) is 0 Å². The van der Waals surface area contributed by atoms with Gasteiger partial charge < -0.3 is 4.48 Å². The van der Waals surface area contributed by atoms with Crippen LogP contribution in [0.25, 0.3) is 0 Å². The maximum Gasteiger partial charge on any atom is 0.0833 e. The third kappa shape index (κ3) is 14.9. The molecule has 0 radical (unpaired) electrons. The summed E-state index contributed by atoms with van der Waals surface area (Å²) < 4.78 is 1.41. The normalized spacial score (nSPS) is 12.2. The van der Waals surface area contributed by atoms with Crippen LogP contribution in [0.2, 0.25) is 0 Å². The molecule has 0 fully saturated rings. The summed E-state index contributed by atoms with van der Waals surface area (Å²) in [7, 11) is 0. The third-order valence-electron chi connectivity index (χ3n) is 6.97. The van der Waals surface area contributed by atoms with E-state index in [1.54, 1.807) is 0 Å². The highest BCUT2D eigenvalue weighted by Gasteiger charge is 2.29. The number of rotatable bonds is 22. The van der Waals surface area contributed by atoms with Crippen molar-refractivity contribution >= 4 is 0 Å². The van der Waals surface area contributed by atoms with Gasteiger partial charge in [0.25, 0.3) is 0 Å². The van der Waals surface area contributed by atoms with Gasteiger partial charge in [-0.05, 0) is 52.4 Å². The minimum atomic E-state index is 0.793. The standard InChI is InChI=1S/C27H58N/c1-6-9-12-15-18-21-24-28(27(4)5,25-22-19-16-13-10-7-2)26-23-20-17-14-11-8-3/h27H,6-26H2,1-5H3/q+1. The van der Waals surface area contributed by atoms with Gasteiger partial charge in [-0.1, -0.05) is 97.8 Å². The molecule has 28 heavy (non-hydrogen) atoms. The molecule has 0 rings (SSSR count). The number of unbranched alkanes of at least 4 members (excludes halogenated alkanes) is 15. The van der Waals surface area contributed by atoms with Crippen LogP contribution in [0.15, 0.2) is 0 Å². The molecule has 0 spiro atoms. The van der Waals surface area contributed by atoms with Crippen LogP contribution >= 0.6 is 0 Å². The van der Waals surface area contributed by atoms with Crippen LogP contribution in [0.1, 0.15) is 150 Å². The monoisotopic (exact) mass is 396 g/mol. The van der Waals surface area contributed by atoms with Crippen LogP contribution < -0.4 is 0 Å². The number of hydrogen-bond donors (Lipinski definition) is 0. The molecule has 0 atom stereocenters. The van der Waals surface area contributed by atoms with E-state index >= 15 is 0 Å². The molecule has 0 aliphatic rings. The SMILES string of the molecule is CCCCCCCC[N+](CCCCCCCC)(CCCCCCCC)C(C)C. The predicted molar refractivity (Wildman–Crippen MR) is 130 cm³/mol. The number of nitrogens with zero attached hydrogens (tertiary/aromatic N) is 1. The Morgan fingerprint density at radius 3 is 0.893 bits per heavy atom. The van der Waals surface area contributed by atoms with E-state index in [1.165, 1.54) is 140 Å². The van der Waals surface area contributed by atoms with Gasteiger partial charge >= 0.3 is 0 Å². The Balaban J connectivity index is 4.45. The first kappa shape index (κ1) is 28.0. The summed E-state index contributed by atoms with van der Waals surface area (Å²) in [5.41, 5.74) is 0. The van der Waals surface area contributed by atoms with Gasteiger partial charge in [0.2, 0.25) is 0 Å². The van der Waals surface area contributed by atoms with Crippen LogP contribution in [0.5, 0.6) is 0 Å². The van der Waals surface area contributed by atoms with Gasteiger partial charge in [0, 0.05) is 0 Å². The minimum Gasteiger partial charge on any atom is -0.322 e. The van der Waals surface area contributed by atoms with Crippen molar-refractivity contribution in [3.63, 3.8) is 0 Å². The molecule has 0 aromatic carbocycles. The second-order valence-corrected chi connectivity index (χ2v) is 9.79. The average Bonchev–Trinajstić information content (AvgIpc) is 2.69. The molecule has 0 aromatic rings. The molecule has 0 unspecified atom stereocenters. The van der Waals surface area contributed by atoms with E-state index in [0.717, 1.165) is 6.04 Å². The second kappa shape index (κ2) is 20.2. The largest absolute Gasteiger partial charge is 0.322 e. The summed E-state index contributed by atoms with van der Waals surface area (Å²) in [5.74, 6) is 0. The zero-order chi connectivity index (χ0) is 20.9. The smallest absolute Gasteiger partial charge is 0.0833 e. The fourth-order valence-corrected chi connectivity index (χ4v) is 4.73. The van der Waals surface area contributed by atoms with Gasteiger partial charge in [-0.2, -0.15) is 0 Å². The van der Waals surface area contributed by atoms with Crippen LogP contribution in [-0.4, -0.2) is 30.2 Å². The van der Waals surface area contributed by atoms with Crippen molar-refractivity contribution in [2.24, 2.45) is 0 Å². The summed E-state index contributed by atoms with van der Waals surface area (Å²) >= 11 is 0. The van der Waals surface area contributed by atoms with E-state index in [1.807, 2.05) is 0 Å². The zero-order valence-corrected chi connectivity index (χ0v) is 20.9. The predicted octanol–water partition coefficient (Wildman–Crippen LogP) is 9.29. The van der Waals surface area contributed by atoms with E-state index in [2.05, 4.69) is 34.6 Å². The fraction of sp³-hybridized carbons (Fsp3) is 1.00. The highest BCUT2D eigenvalue weighted by Crippen LogP contribution is 2.22. The third-order valence-corrected chi connectivity index (χ3v) is 6.97. The van der Waals surface area contributed by atoms with Gasteiger partial charge in [0.15, 0.2) is 0 Å². The lowest BCUT2D eigenvalue weighted by molar-refractivity contribution is -0.948. The maximum atomic E-state index is 2.51. The topological polar surface area (TPSA) is 0 Å². The molecular weight excluding hydrogens is 338 g/mol. The van der Waals surface area contributed by atoms with E-state index in [-0.39, 0.29) is 0 Å². The minimum absolute atomic E-state index is 0.793. The van der Waals surface area contributed by atoms with E-state index in [9.17, 15) is 0 Å². The number of quaternary nitrogens is 1. The highest BCUT2D eigenvalue weighted by atomic mass is 15.4. The number of hydrogen-bond acceptors (Lipinski definition) is 0. The van der Waals surface area contributed by atoms with E-state index in [4.69, 9.17) is 0 Å². The van der Waals surface area contributed by atoms with Gasteiger partial charge in [-0.15, -0.1) is 0 Å².